The molecule has 0 unspecified atom stereocenters. The summed E-state index contributed by atoms with van der Waals surface area (Å²) >= 11 is 0. The van der Waals surface area contributed by atoms with Crippen LogP contribution in [0.5, 0.6) is 0 Å². The maximum absolute atomic E-state index is 12.5. The van der Waals surface area contributed by atoms with E-state index < -0.39 is 37.2 Å². The molecule has 0 spiro atoms. The molecule has 1 aromatic carbocycles. The minimum atomic E-state index is -4.62. The summed E-state index contributed by atoms with van der Waals surface area (Å²) in [5.74, 6) is -0.695. The zero-order valence-corrected chi connectivity index (χ0v) is 9.89. The molecule has 0 amide bonds. The minimum absolute atomic E-state index is 0.105. The van der Waals surface area contributed by atoms with E-state index in [1.165, 1.54) is 0 Å². The third-order valence-electron chi connectivity index (χ3n) is 2.55. The number of halogens is 3. The van der Waals surface area contributed by atoms with Gasteiger partial charge in [-0.05, 0) is 30.7 Å². The summed E-state index contributed by atoms with van der Waals surface area (Å²) in [5, 5.41) is 0. The Kier molecular flexibility index (Phi) is 2.62. The number of allylic oxidation sites excluding steroid dienone is 1. The SMILES string of the molecule is CC(=O)C1=Cc2ccc(C(F)(F)F)cc2S1(=O)=O. The Morgan fingerprint density at radius 2 is 1.83 bits per heavy atom. The predicted octanol–water partition coefficient (Wildman–Crippen LogP) is 2.42. The molecular weight excluding hydrogens is 269 g/mol. The standard InChI is InChI=1S/C11H7F3O3S/c1-6(15)9-4-7-2-3-8(11(12,13)14)5-10(7)18(9,16)17/h2-5H,1H3. The molecule has 0 aliphatic carbocycles. The Bertz CT molecular complexity index is 669. The number of carbonyl (C=O) groups is 1. The van der Waals surface area contributed by atoms with Crippen molar-refractivity contribution < 1.29 is 26.4 Å². The van der Waals surface area contributed by atoms with Gasteiger partial charge in [0.25, 0.3) is 0 Å². The van der Waals surface area contributed by atoms with E-state index >= 15 is 0 Å². The Balaban J connectivity index is 2.65. The van der Waals surface area contributed by atoms with Gasteiger partial charge in [-0.3, -0.25) is 4.79 Å². The first-order valence-corrected chi connectivity index (χ1v) is 6.31. The summed E-state index contributed by atoms with van der Waals surface area (Å²) < 4.78 is 61.2. The Labute approximate surface area is 101 Å². The molecule has 1 aromatic rings. The van der Waals surface area contributed by atoms with Crippen LogP contribution in [0.1, 0.15) is 18.1 Å². The fraction of sp³-hybridized carbons (Fsp3) is 0.182. The number of alkyl halides is 3. The summed E-state index contributed by atoms with van der Waals surface area (Å²) in [7, 11) is -4.12. The Morgan fingerprint density at radius 1 is 1.22 bits per heavy atom. The third-order valence-corrected chi connectivity index (χ3v) is 4.47. The average molecular weight is 276 g/mol. The molecule has 0 atom stereocenters. The van der Waals surface area contributed by atoms with Crippen molar-refractivity contribution >= 4 is 21.7 Å². The van der Waals surface area contributed by atoms with E-state index in [4.69, 9.17) is 0 Å². The lowest BCUT2D eigenvalue weighted by Gasteiger charge is -2.08. The maximum atomic E-state index is 12.5. The summed E-state index contributed by atoms with van der Waals surface area (Å²) in [6, 6.07) is 2.39. The quantitative estimate of drug-likeness (QED) is 0.791. The molecule has 0 saturated heterocycles. The van der Waals surface area contributed by atoms with Gasteiger partial charge in [0.1, 0.15) is 4.91 Å². The molecule has 1 aliphatic heterocycles. The molecule has 96 valence electrons. The second kappa shape index (κ2) is 3.68. The van der Waals surface area contributed by atoms with Crippen LogP contribution in [0.2, 0.25) is 0 Å². The highest BCUT2D eigenvalue weighted by Gasteiger charge is 2.37. The largest absolute Gasteiger partial charge is 0.416 e. The van der Waals surface area contributed by atoms with Gasteiger partial charge in [-0.2, -0.15) is 13.2 Å². The van der Waals surface area contributed by atoms with Gasteiger partial charge in [-0.25, -0.2) is 8.42 Å². The number of fused-ring (bicyclic) bond motifs is 1. The molecule has 0 radical (unpaired) electrons. The van der Waals surface area contributed by atoms with Gasteiger partial charge in [0.05, 0.1) is 10.5 Å². The van der Waals surface area contributed by atoms with Crippen molar-refractivity contribution in [1.29, 1.82) is 0 Å². The van der Waals surface area contributed by atoms with E-state index in [0.717, 1.165) is 25.1 Å². The van der Waals surface area contributed by atoms with E-state index in [1.54, 1.807) is 0 Å². The maximum Gasteiger partial charge on any atom is 0.416 e. The van der Waals surface area contributed by atoms with Crippen LogP contribution in [0.15, 0.2) is 28.0 Å². The van der Waals surface area contributed by atoms with Gasteiger partial charge < -0.3 is 0 Å². The Morgan fingerprint density at radius 3 is 2.33 bits per heavy atom. The van der Waals surface area contributed by atoms with Crippen LogP contribution < -0.4 is 0 Å². The first-order chi connectivity index (χ1) is 8.14. The summed E-state index contributed by atoms with van der Waals surface area (Å²) in [4.78, 5) is 10.2. The van der Waals surface area contributed by atoms with E-state index in [0.29, 0.717) is 6.07 Å². The highest BCUT2D eigenvalue weighted by Crippen LogP contribution is 2.37. The molecule has 18 heavy (non-hydrogen) atoms. The van der Waals surface area contributed by atoms with E-state index in [9.17, 15) is 26.4 Å². The summed E-state index contributed by atoms with van der Waals surface area (Å²) in [5.41, 5.74) is -0.948. The molecule has 3 nitrogen and oxygen atoms in total. The van der Waals surface area contributed by atoms with Crippen molar-refractivity contribution in [2.24, 2.45) is 0 Å². The number of hydrogen-bond acceptors (Lipinski definition) is 3. The minimum Gasteiger partial charge on any atom is -0.294 e. The van der Waals surface area contributed by atoms with Crippen LogP contribution in [0.25, 0.3) is 6.08 Å². The number of hydrogen-bond donors (Lipinski definition) is 0. The number of carbonyl (C=O) groups excluding carboxylic acids is 1. The van der Waals surface area contributed by atoms with Crippen LogP contribution in [0, 0.1) is 0 Å². The lowest BCUT2D eigenvalue weighted by molar-refractivity contribution is -0.137. The summed E-state index contributed by atoms with van der Waals surface area (Å²) in [6.45, 7) is 1.06. The first-order valence-electron chi connectivity index (χ1n) is 4.83. The second-order valence-corrected chi connectivity index (χ2v) is 5.71. The zero-order valence-electron chi connectivity index (χ0n) is 9.08. The molecule has 1 aliphatic rings. The van der Waals surface area contributed by atoms with Gasteiger partial charge >= 0.3 is 6.18 Å². The molecule has 0 saturated carbocycles. The molecule has 0 bridgehead atoms. The number of Topliss-reactive ketones (excluding diaryl/α,β-unsaturated/α-hetero) is 1. The van der Waals surface area contributed by atoms with Crippen LogP contribution in [-0.4, -0.2) is 14.2 Å². The van der Waals surface area contributed by atoms with Crippen LogP contribution in [-0.2, 0) is 20.8 Å². The number of benzene rings is 1. The van der Waals surface area contributed by atoms with Crippen molar-refractivity contribution in [1.82, 2.24) is 0 Å². The molecule has 1 heterocycles. The smallest absolute Gasteiger partial charge is 0.294 e. The lowest BCUT2D eigenvalue weighted by Crippen LogP contribution is -2.10. The fourth-order valence-electron chi connectivity index (χ4n) is 1.69. The average Bonchev–Trinajstić information content (AvgIpc) is 2.49. The number of sulfone groups is 1. The summed E-state index contributed by atoms with van der Waals surface area (Å²) in [6.07, 6.45) is -3.53. The van der Waals surface area contributed by atoms with E-state index in [1.807, 2.05) is 0 Å². The second-order valence-electron chi connectivity index (χ2n) is 3.82. The van der Waals surface area contributed by atoms with E-state index in [-0.39, 0.29) is 5.56 Å². The van der Waals surface area contributed by atoms with Crippen LogP contribution in [0.4, 0.5) is 13.2 Å². The van der Waals surface area contributed by atoms with Crippen molar-refractivity contribution in [2.75, 3.05) is 0 Å². The van der Waals surface area contributed by atoms with Gasteiger partial charge in [0.2, 0.25) is 9.84 Å². The van der Waals surface area contributed by atoms with Gasteiger partial charge in [-0.1, -0.05) is 6.07 Å². The predicted molar refractivity (Wildman–Crippen MR) is 57.3 cm³/mol. The van der Waals surface area contributed by atoms with Crippen molar-refractivity contribution in [3.8, 4) is 0 Å². The van der Waals surface area contributed by atoms with Gasteiger partial charge in [0, 0.05) is 0 Å². The van der Waals surface area contributed by atoms with Crippen molar-refractivity contribution in [3.63, 3.8) is 0 Å². The highest BCUT2D eigenvalue weighted by molar-refractivity contribution is 7.96. The Hall–Kier alpha value is -1.63. The number of rotatable bonds is 1. The van der Waals surface area contributed by atoms with E-state index in [2.05, 4.69) is 0 Å². The fourth-order valence-corrected chi connectivity index (χ4v) is 3.31. The molecule has 7 heteroatoms. The molecular formula is C11H7F3O3S. The molecule has 2 rings (SSSR count). The van der Waals surface area contributed by atoms with Gasteiger partial charge in [0.15, 0.2) is 5.78 Å². The number of ketones is 1. The molecule has 0 N–H and O–H groups in total. The molecule has 0 fully saturated rings. The van der Waals surface area contributed by atoms with Crippen molar-refractivity contribution in [2.45, 2.75) is 18.0 Å². The first kappa shape index (κ1) is 12.8. The van der Waals surface area contributed by atoms with Crippen molar-refractivity contribution in [3.05, 3.63) is 34.2 Å². The normalized spacial score (nSPS) is 17.2. The zero-order chi connectivity index (χ0) is 13.7. The lowest BCUT2D eigenvalue weighted by atomic mass is 10.1. The molecule has 0 aromatic heterocycles. The van der Waals surface area contributed by atoms with Crippen LogP contribution in [0.3, 0.4) is 0 Å². The monoisotopic (exact) mass is 276 g/mol. The van der Waals surface area contributed by atoms with Gasteiger partial charge in [-0.15, -0.1) is 0 Å². The third kappa shape index (κ3) is 1.84. The topological polar surface area (TPSA) is 51.2 Å². The highest BCUT2D eigenvalue weighted by atomic mass is 32.2. The van der Waals surface area contributed by atoms with Crippen LogP contribution >= 0.6 is 0 Å².